The van der Waals surface area contributed by atoms with Gasteiger partial charge in [-0.1, -0.05) is 45.9 Å². The van der Waals surface area contributed by atoms with E-state index in [4.69, 9.17) is 11.5 Å². The lowest BCUT2D eigenvalue weighted by Gasteiger charge is -2.28. The zero-order chi connectivity index (χ0) is 27.9. The van der Waals surface area contributed by atoms with Crippen LogP contribution in [0.5, 0.6) is 0 Å². The van der Waals surface area contributed by atoms with Crippen molar-refractivity contribution in [2.45, 2.75) is 64.7 Å². The number of amides is 4. The molecule has 2 aromatic rings. The van der Waals surface area contributed by atoms with Gasteiger partial charge in [-0.05, 0) is 23.5 Å². The molecule has 2 rings (SSSR count). The Morgan fingerprint density at radius 1 is 0.892 bits per heavy atom. The molecule has 0 aliphatic heterocycles. The van der Waals surface area contributed by atoms with Crippen molar-refractivity contribution in [1.82, 2.24) is 20.9 Å². The second kappa shape index (κ2) is 12.9. The number of fused-ring (bicyclic) bond motifs is 1. The second-order valence-corrected chi connectivity index (χ2v) is 9.70. The Kier molecular flexibility index (Phi) is 10.2. The predicted molar refractivity (Wildman–Crippen MR) is 137 cm³/mol. The van der Waals surface area contributed by atoms with Gasteiger partial charge in [-0.15, -0.1) is 0 Å². The summed E-state index contributed by atoms with van der Waals surface area (Å²) in [5.41, 5.74) is 12.3. The molecule has 0 aliphatic rings. The van der Waals surface area contributed by atoms with Crippen molar-refractivity contribution >= 4 is 40.5 Å². The van der Waals surface area contributed by atoms with Crippen LogP contribution in [0.25, 0.3) is 10.9 Å². The first-order valence-corrected chi connectivity index (χ1v) is 12.0. The number of carbonyl (C=O) groups excluding carboxylic acids is 4. The normalized spacial score (nSPS) is 14.6. The Bertz CT molecular complexity index is 1140. The van der Waals surface area contributed by atoms with E-state index in [1.807, 2.05) is 24.3 Å². The number of hydrogen-bond acceptors (Lipinski definition) is 6. The molecule has 0 bridgehead atoms. The Morgan fingerprint density at radius 3 is 1.97 bits per heavy atom. The molecule has 12 nitrogen and oxygen atoms in total. The van der Waals surface area contributed by atoms with Gasteiger partial charge >= 0.3 is 5.97 Å². The molecule has 4 atom stereocenters. The maximum Gasteiger partial charge on any atom is 0.326 e. The highest BCUT2D eigenvalue weighted by Crippen LogP contribution is 2.19. The van der Waals surface area contributed by atoms with Crippen LogP contribution in [0, 0.1) is 11.8 Å². The van der Waals surface area contributed by atoms with Crippen LogP contribution in [0.15, 0.2) is 30.5 Å². The van der Waals surface area contributed by atoms with E-state index in [-0.39, 0.29) is 18.8 Å². The number of nitrogens with two attached hydrogens (primary N) is 2. The van der Waals surface area contributed by atoms with E-state index < -0.39 is 59.7 Å². The zero-order valence-corrected chi connectivity index (χ0v) is 21.4. The van der Waals surface area contributed by atoms with Gasteiger partial charge < -0.3 is 37.5 Å². The average molecular weight is 517 g/mol. The first kappa shape index (κ1) is 29.3. The first-order chi connectivity index (χ1) is 17.3. The van der Waals surface area contributed by atoms with Crippen molar-refractivity contribution in [2.75, 3.05) is 0 Å². The molecule has 0 saturated heterocycles. The third-order valence-corrected chi connectivity index (χ3v) is 5.97. The summed E-state index contributed by atoms with van der Waals surface area (Å²) in [6.45, 7) is 6.78. The minimum atomic E-state index is -1.24. The lowest BCUT2D eigenvalue weighted by Crippen LogP contribution is -2.59. The van der Waals surface area contributed by atoms with Gasteiger partial charge in [-0.3, -0.25) is 19.2 Å². The number of aromatic amines is 1. The number of primary amides is 1. The molecular weight excluding hydrogens is 480 g/mol. The third-order valence-electron chi connectivity index (χ3n) is 5.97. The molecule has 4 amide bonds. The Balaban J connectivity index is 2.14. The molecule has 0 spiro atoms. The highest BCUT2D eigenvalue weighted by molar-refractivity contribution is 5.95. The van der Waals surface area contributed by atoms with Crippen LogP contribution in [0.1, 0.15) is 39.7 Å². The van der Waals surface area contributed by atoms with Gasteiger partial charge in [0.05, 0.1) is 12.5 Å². The zero-order valence-electron chi connectivity index (χ0n) is 21.4. The summed E-state index contributed by atoms with van der Waals surface area (Å²) in [5.74, 6) is -4.81. The number of nitrogens with one attached hydrogen (secondary N) is 4. The first-order valence-electron chi connectivity index (χ1n) is 12.0. The van der Waals surface area contributed by atoms with Crippen molar-refractivity contribution in [3.8, 4) is 0 Å². The highest BCUT2D eigenvalue weighted by atomic mass is 16.4. The molecular formula is C25H36N6O6. The molecule has 1 aromatic heterocycles. The maximum atomic E-state index is 13.1. The molecule has 37 heavy (non-hydrogen) atoms. The third kappa shape index (κ3) is 8.04. The standard InChI is InChI=1S/C25H36N6O6/c1-12(2)20(31-24(35)21(13(3)4)30-22(33)16(26)10-19(27)32)23(34)29-18(25(36)37)9-14-11-28-17-8-6-5-7-15(14)17/h5-8,11-13,16,18,20-21,28H,9-10,26H2,1-4H3,(H2,27,32)(H,29,34)(H,30,33)(H,31,35)(H,36,37). The number of carboxylic acids is 1. The number of para-hydroxylation sites is 1. The monoisotopic (exact) mass is 516 g/mol. The number of H-pyrrole nitrogens is 1. The number of benzene rings is 1. The van der Waals surface area contributed by atoms with Crippen LogP contribution >= 0.6 is 0 Å². The van der Waals surface area contributed by atoms with Gasteiger partial charge in [0.15, 0.2) is 0 Å². The van der Waals surface area contributed by atoms with E-state index in [9.17, 15) is 29.1 Å². The van der Waals surface area contributed by atoms with Gasteiger partial charge in [0, 0.05) is 23.5 Å². The number of rotatable bonds is 13. The van der Waals surface area contributed by atoms with E-state index >= 15 is 0 Å². The van der Waals surface area contributed by atoms with Gasteiger partial charge in [-0.25, -0.2) is 4.79 Å². The maximum absolute atomic E-state index is 13.1. The highest BCUT2D eigenvalue weighted by Gasteiger charge is 2.33. The summed E-state index contributed by atoms with van der Waals surface area (Å²) >= 11 is 0. The molecule has 12 heteroatoms. The molecule has 0 fully saturated rings. The minimum Gasteiger partial charge on any atom is -0.480 e. The fourth-order valence-electron chi connectivity index (χ4n) is 3.86. The van der Waals surface area contributed by atoms with Crippen molar-refractivity contribution < 1.29 is 29.1 Å². The number of carboxylic acid groups (broad SMARTS) is 1. The van der Waals surface area contributed by atoms with Crippen molar-refractivity contribution in [3.63, 3.8) is 0 Å². The number of aromatic nitrogens is 1. The molecule has 4 unspecified atom stereocenters. The summed E-state index contributed by atoms with van der Waals surface area (Å²) in [5, 5.41) is 18.3. The van der Waals surface area contributed by atoms with E-state index in [2.05, 4.69) is 20.9 Å². The Morgan fingerprint density at radius 2 is 1.43 bits per heavy atom. The van der Waals surface area contributed by atoms with Gasteiger partial charge in [0.1, 0.15) is 18.1 Å². The summed E-state index contributed by atoms with van der Waals surface area (Å²) in [6.07, 6.45) is 1.35. The molecule has 202 valence electrons. The minimum absolute atomic E-state index is 0.0340. The number of aliphatic carboxylic acids is 1. The van der Waals surface area contributed by atoms with Crippen LogP contribution in [0.3, 0.4) is 0 Å². The van der Waals surface area contributed by atoms with Crippen LogP contribution < -0.4 is 27.4 Å². The van der Waals surface area contributed by atoms with Gasteiger partial charge in [0.2, 0.25) is 23.6 Å². The Hall–Kier alpha value is -3.93. The molecule has 1 aromatic carbocycles. The second-order valence-electron chi connectivity index (χ2n) is 9.70. The van der Waals surface area contributed by atoms with Crippen molar-refractivity contribution in [2.24, 2.45) is 23.3 Å². The summed E-state index contributed by atoms with van der Waals surface area (Å²) in [4.78, 5) is 64.6. The van der Waals surface area contributed by atoms with E-state index in [1.54, 1.807) is 33.9 Å². The SMILES string of the molecule is CC(C)C(NC(=O)C(N)CC(N)=O)C(=O)NC(C(=O)NC(Cc1c[nH]c2ccccc12)C(=O)O)C(C)C. The van der Waals surface area contributed by atoms with Gasteiger partial charge in [0.25, 0.3) is 0 Å². The predicted octanol–water partition coefficient (Wildman–Crippen LogP) is -0.236. The largest absolute Gasteiger partial charge is 0.480 e. The quantitative estimate of drug-likeness (QED) is 0.190. The van der Waals surface area contributed by atoms with E-state index in [0.29, 0.717) is 0 Å². The van der Waals surface area contributed by atoms with Crippen LogP contribution in [-0.2, 0) is 30.4 Å². The summed E-state index contributed by atoms with van der Waals surface area (Å²) in [7, 11) is 0. The van der Waals surface area contributed by atoms with Crippen molar-refractivity contribution in [1.29, 1.82) is 0 Å². The van der Waals surface area contributed by atoms with Crippen molar-refractivity contribution in [3.05, 3.63) is 36.0 Å². The fourth-order valence-corrected chi connectivity index (χ4v) is 3.86. The Labute approximate surface area is 214 Å². The van der Waals surface area contributed by atoms with Crippen LogP contribution in [-0.4, -0.2) is 63.9 Å². The van der Waals surface area contributed by atoms with Crippen LogP contribution in [0.4, 0.5) is 0 Å². The number of hydrogen-bond donors (Lipinski definition) is 7. The lowest BCUT2D eigenvalue weighted by molar-refractivity contribution is -0.142. The smallest absolute Gasteiger partial charge is 0.326 e. The molecule has 1 heterocycles. The molecule has 9 N–H and O–H groups in total. The molecule has 0 saturated carbocycles. The molecule has 0 radical (unpaired) electrons. The summed E-state index contributed by atoms with van der Waals surface area (Å²) < 4.78 is 0. The average Bonchev–Trinajstić information content (AvgIpc) is 3.21. The van der Waals surface area contributed by atoms with Gasteiger partial charge in [-0.2, -0.15) is 0 Å². The van der Waals surface area contributed by atoms with E-state index in [0.717, 1.165) is 16.5 Å². The lowest BCUT2D eigenvalue weighted by atomic mass is 9.98. The van der Waals surface area contributed by atoms with Crippen LogP contribution in [0.2, 0.25) is 0 Å². The number of carbonyl (C=O) groups is 5. The fraction of sp³-hybridized carbons (Fsp3) is 0.480. The topological polar surface area (TPSA) is 209 Å². The van der Waals surface area contributed by atoms with E-state index in [1.165, 1.54) is 0 Å². The summed E-state index contributed by atoms with van der Waals surface area (Å²) in [6, 6.07) is 2.82. The molecule has 0 aliphatic carbocycles.